The van der Waals surface area contributed by atoms with E-state index in [1.807, 2.05) is 4.90 Å². The molecule has 10 nitrogen and oxygen atoms in total. The molecule has 3 fully saturated rings. The molecule has 172 valence electrons. The molecule has 32 heavy (non-hydrogen) atoms. The van der Waals surface area contributed by atoms with Crippen LogP contribution >= 0.6 is 0 Å². The molecule has 1 amide bonds. The van der Waals surface area contributed by atoms with Crippen LogP contribution in [0.15, 0.2) is 23.2 Å². The van der Waals surface area contributed by atoms with Gasteiger partial charge < -0.3 is 19.4 Å². The first-order chi connectivity index (χ1) is 15.2. The lowest BCUT2D eigenvalue weighted by Crippen LogP contribution is -2.66. The highest BCUT2D eigenvalue weighted by atomic mass is 32.2. The van der Waals surface area contributed by atoms with Crippen molar-refractivity contribution in [3.8, 4) is 0 Å². The molecule has 3 aliphatic heterocycles. The molecule has 0 saturated carbocycles. The zero-order valence-corrected chi connectivity index (χ0v) is 18.5. The number of ether oxygens (including phenoxy) is 2. The Labute approximate surface area is 184 Å². The van der Waals surface area contributed by atoms with Gasteiger partial charge in [0.15, 0.2) is 5.03 Å². The molecule has 1 aromatic heterocycles. The van der Waals surface area contributed by atoms with Crippen molar-refractivity contribution in [3.05, 3.63) is 35.5 Å². The molecule has 0 bridgehead atoms. The highest BCUT2D eigenvalue weighted by molar-refractivity contribution is 7.89. The summed E-state index contributed by atoms with van der Waals surface area (Å²) in [6.07, 6.45) is -1.36. The maximum atomic E-state index is 14.8. The van der Waals surface area contributed by atoms with Gasteiger partial charge in [0.25, 0.3) is 10.0 Å². The van der Waals surface area contributed by atoms with Gasteiger partial charge in [-0.05, 0) is 32.0 Å². The standard InChI is InChI=1S/C20H24FN5O5S/c1-12-18(24-13(2)23-12)32(28,29)22-6-15-7-26(19(27)31-15)14-3-4-17(16(21)5-14)25-8-20(9-25)10-30-11-20/h3-5,15,22H,6-11H2,1-2H3,(H,23,24)/t15-/m0/s1. The number of rotatable bonds is 6. The van der Waals surface area contributed by atoms with E-state index in [1.165, 1.54) is 11.0 Å². The van der Waals surface area contributed by atoms with Crippen LogP contribution in [0.3, 0.4) is 0 Å². The predicted molar refractivity (Wildman–Crippen MR) is 113 cm³/mol. The van der Waals surface area contributed by atoms with Gasteiger partial charge in [-0.15, -0.1) is 0 Å². The number of imidazole rings is 1. The maximum absolute atomic E-state index is 14.8. The molecule has 0 unspecified atom stereocenters. The van der Waals surface area contributed by atoms with E-state index in [4.69, 9.17) is 9.47 Å². The number of sulfonamides is 1. The minimum absolute atomic E-state index is 0.0879. The second-order valence-corrected chi connectivity index (χ2v) is 10.4. The number of carbonyl (C=O) groups is 1. The molecule has 0 aliphatic carbocycles. The van der Waals surface area contributed by atoms with E-state index in [1.54, 1.807) is 26.0 Å². The molecule has 0 radical (unpaired) electrons. The number of carbonyl (C=O) groups excluding carboxylic acids is 1. The van der Waals surface area contributed by atoms with E-state index in [0.29, 0.717) is 36.1 Å². The minimum atomic E-state index is -3.86. The fraction of sp³-hybridized carbons (Fsp3) is 0.500. The first-order valence-electron chi connectivity index (χ1n) is 10.3. The van der Waals surface area contributed by atoms with Crippen LogP contribution in [-0.4, -0.2) is 70.0 Å². The number of amides is 1. The Morgan fingerprint density at radius 3 is 2.66 bits per heavy atom. The molecule has 2 aromatic rings. The number of halogens is 1. The van der Waals surface area contributed by atoms with E-state index in [9.17, 15) is 17.6 Å². The van der Waals surface area contributed by atoms with E-state index in [2.05, 4.69) is 14.7 Å². The van der Waals surface area contributed by atoms with Gasteiger partial charge in [0, 0.05) is 19.6 Å². The summed E-state index contributed by atoms with van der Waals surface area (Å²) in [5.41, 5.74) is 1.45. The quantitative estimate of drug-likeness (QED) is 0.661. The lowest BCUT2D eigenvalue weighted by atomic mass is 9.78. The number of nitrogens with zero attached hydrogens (tertiary/aromatic N) is 3. The van der Waals surface area contributed by atoms with Gasteiger partial charge in [-0.2, -0.15) is 0 Å². The summed E-state index contributed by atoms with van der Waals surface area (Å²) >= 11 is 0. The molecule has 12 heteroatoms. The lowest BCUT2D eigenvalue weighted by Gasteiger charge is -2.56. The molecule has 5 rings (SSSR count). The van der Waals surface area contributed by atoms with Crippen molar-refractivity contribution in [3.63, 3.8) is 0 Å². The highest BCUT2D eigenvalue weighted by Gasteiger charge is 2.49. The summed E-state index contributed by atoms with van der Waals surface area (Å²) in [6, 6.07) is 4.63. The molecular formula is C20H24FN5O5S. The van der Waals surface area contributed by atoms with Crippen LogP contribution in [0.5, 0.6) is 0 Å². The minimum Gasteiger partial charge on any atom is -0.443 e. The van der Waals surface area contributed by atoms with Gasteiger partial charge >= 0.3 is 6.09 Å². The summed E-state index contributed by atoms with van der Waals surface area (Å²) < 4.78 is 52.7. The van der Waals surface area contributed by atoms with Crippen molar-refractivity contribution < 1.29 is 27.1 Å². The number of hydrogen-bond acceptors (Lipinski definition) is 7. The average molecular weight is 466 g/mol. The van der Waals surface area contributed by atoms with Gasteiger partial charge in [-0.25, -0.2) is 27.3 Å². The van der Waals surface area contributed by atoms with Gasteiger partial charge in [0.05, 0.1) is 42.2 Å². The Bertz CT molecular complexity index is 1170. The number of aromatic amines is 1. The SMILES string of the molecule is Cc1nc(S(=O)(=O)NC[C@H]2CN(c3ccc(N4CC5(COC5)C4)c(F)c3)C(=O)O2)c(C)[nH]1. The van der Waals surface area contributed by atoms with Gasteiger partial charge in [-0.3, -0.25) is 4.90 Å². The zero-order valence-electron chi connectivity index (χ0n) is 17.7. The number of cyclic esters (lactones) is 1. The summed E-state index contributed by atoms with van der Waals surface area (Å²) in [5.74, 6) is 0.0696. The molecule has 1 spiro atoms. The molecule has 1 aromatic carbocycles. The predicted octanol–water partition coefficient (Wildman–Crippen LogP) is 1.31. The monoisotopic (exact) mass is 465 g/mol. The lowest BCUT2D eigenvalue weighted by molar-refractivity contribution is -0.127. The van der Waals surface area contributed by atoms with Crippen LogP contribution in [0.4, 0.5) is 20.6 Å². The smallest absolute Gasteiger partial charge is 0.414 e. The Kier molecular flexibility index (Phi) is 4.91. The molecule has 3 aliphatic rings. The molecular weight excluding hydrogens is 441 g/mol. The number of anilines is 2. The fourth-order valence-corrected chi connectivity index (χ4v) is 5.64. The van der Waals surface area contributed by atoms with Crippen molar-refractivity contribution in [2.24, 2.45) is 5.41 Å². The van der Waals surface area contributed by atoms with Crippen molar-refractivity contribution in [2.75, 3.05) is 49.2 Å². The third-order valence-electron chi connectivity index (χ3n) is 6.04. The van der Waals surface area contributed by atoms with Crippen molar-refractivity contribution in [1.29, 1.82) is 0 Å². The number of benzene rings is 1. The largest absolute Gasteiger partial charge is 0.443 e. The van der Waals surface area contributed by atoms with Crippen LogP contribution in [0.2, 0.25) is 0 Å². The molecule has 3 saturated heterocycles. The van der Waals surface area contributed by atoms with Crippen molar-refractivity contribution >= 4 is 27.5 Å². The first-order valence-corrected chi connectivity index (χ1v) is 11.8. The molecule has 4 heterocycles. The van der Waals surface area contributed by atoms with E-state index in [0.717, 1.165) is 13.1 Å². The third-order valence-corrected chi connectivity index (χ3v) is 7.49. The number of aromatic nitrogens is 2. The zero-order chi connectivity index (χ0) is 22.7. The first kappa shape index (κ1) is 21.2. The summed E-state index contributed by atoms with van der Waals surface area (Å²) in [6.45, 7) is 6.20. The van der Waals surface area contributed by atoms with E-state index in [-0.39, 0.29) is 23.5 Å². The Morgan fingerprint density at radius 2 is 2.06 bits per heavy atom. The van der Waals surface area contributed by atoms with Gasteiger partial charge in [0.1, 0.15) is 17.7 Å². The Balaban J connectivity index is 1.22. The van der Waals surface area contributed by atoms with Crippen LogP contribution < -0.4 is 14.5 Å². The summed E-state index contributed by atoms with van der Waals surface area (Å²) in [7, 11) is -3.86. The number of hydrogen-bond donors (Lipinski definition) is 2. The van der Waals surface area contributed by atoms with Crippen LogP contribution in [-0.2, 0) is 19.5 Å². The van der Waals surface area contributed by atoms with Crippen LogP contribution in [0.25, 0.3) is 0 Å². The third kappa shape index (κ3) is 3.61. The molecule has 2 N–H and O–H groups in total. The van der Waals surface area contributed by atoms with Gasteiger partial charge in [-0.1, -0.05) is 0 Å². The van der Waals surface area contributed by atoms with E-state index >= 15 is 0 Å². The summed E-state index contributed by atoms with van der Waals surface area (Å²) in [4.78, 5) is 22.4. The van der Waals surface area contributed by atoms with Gasteiger partial charge in [0.2, 0.25) is 0 Å². The topological polar surface area (TPSA) is 117 Å². The normalized spacial score (nSPS) is 22.1. The Hall–Kier alpha value is -2.70. The second kappa shape index (κ2) is 7.42. The number of nitrogens with one attached hydrogen (secondary N) is 2. The van der Waals surface area contributed by atoms with Crippen LogP contribution in [0.1, 0.15) is 11.5 Å². The van der Waals surface area contributed by atoms with E-state index < -0.39 is 28.0 Å². The average Bonchev–Trinajstić information content (AvgIpc) is 3.21. The fourth-order valence-electron chi connectivity index (χ4n) is 4.39. The van der Waals surface area contributed by atoms with Crippen molar-refractivity contribution in [1.82, 2.24) is 14.7 Å². The number of aryl methyl sites for hydroxylation is 2. The maximum Gasteiger partial charge on any atom is 0.414 e. The number of H-pyrrole nitrogens is 1. The van der Waals surface area contributed by atoms with Crippen molar-refractivity contribution in [2.45, 2.75) is 25.0 Å². The summed E-state index contributed by atoms with van der Waals surface area (Å²) in [5, 5.41) is -0.0879. The highest BCUT2D eigenvalue weighted by Crippen LogP contribution is 2.41. The van der Waals surface area contributed by atoms with Crippen LogP contribution in [0, 0.1) is 25.1 Å². The second-order valence-electron chi connectivity index (χ2n) is 8.71. The molecule has 1 atom stereocenters. The Morgan fingerprint density at radius 1 is 1.31 bits per heavy atom.